The van der Waals surface area contributed by atoms with Crippen molar-refractivity contribution in [2.45, 2.75) is 27.2 Å². The third kappa shape index (κ3) is 1.79. The summed E-state index contributed by atoms with van der Waals surface area (Å²) in [6.45, 7) is 6.25. The van der Waals surface area contributed by atoms with Crippen molar-refractivity contribution in [2.24, 2.45) is 0 Å². The number of fused-ring (bicyclic) bond motifs is 1. The third-order valence-electron chi connectivity index (χ3n) is 2.75. The number of thiazole rings is 1. The molecule has 0 fully saturated rings. The normalized spacial score (nSPS) is 12.6. The molecule has 0 spiro atoms. The molecule has 0 aliphatic heterocycles. The number of rotatable bonds is 3. The van der Waals surface area contributed by atoms with Crippen molar-refractivity contribution < 1.29 is 5.11 Å². The van der Waals surface area contributed by atoms with Crippen LogP contribution in [-0.2, 0) is 0 Å². The molecule has 0 aromatic carbocycles. The largest absolute Gasteiger partial charge is 0.392 e. The maximum Gasteiger partial charge on any atom is 0.194 e. The van der Waals surface area contributed by atoms with Crippen LogP contribution in [0.15, 0.2) is 11.0 Å². The van der Waals surface area contributed by atoms with Gasteiger partial charge in [0.15, 0.2) is 4.96 Å². The first-order chi connectivity index (χ1) is 7.67. The van der Waals surface area contributed by atoms with Crippen LogP contribution in [0, 0.1) is 13.8 Å². The van der Waals surface area contributed by atoms with E-state index in [0.29, 0.717) is 0 Å². The van der Waals surface area contributed by atoms with Crippen LogP contribution in [0.4, 0.5) is 0 Å². The Morgan fingerprint density at radius 2 is 2.31 bits per heavy atom. The minimum Gasteiger partial charge on any atom is -0.392 e. The van der Waals surface area contributed by atoms with Gasteiger partial charge >= 0.3 is 0 Å². The molecule has 0 amide bonds. The summed E-state index contributed by atoms with van der Waals surface area (Å²) in [6, 6.07) is 0. The molecule has 0 aliphatic rings. The highest BCUT2D eigenvalue weighted by molar-refractivity contribution is 7.15. The maximum absolute atomic E-state index is 9.21. The van der Waals surface area contributed by atoms with Gasteiger partial charge in [-0.15, -0.1) is 11.3 Å². The average molecular weight is 236 g/mol. The fraction of sp³-hybridized carbons (Fsp3) is 0.417. The standard InChI is InChI=1S/C12H16N2OS/c1-4-10(6-15)5-11-9(3)13-12-14(11)8(2)7-16-12/h5,7,15H,4,6H2,1-3H3. The van der Waals surface area contributed by atoms with Gasteiger partial charge < -0.3 is 5.11 Å². The van der Waals surface area contributed by atoms with Gasteiger partial charge in [0.2, 0.25) is 0 Å². The first-order valence-electron chi connectivity index (χ1n) is 5.40. The van der Waals surface area contributed by atoms with E-state index in [1.54, 1.807) is 11.3 Å². The molecular weight excluding hydrogens is 220 g/mol. The molecule has 2 aromatic rings. The number of hydrogen-bond donors (Lipinski definition) is 1. The summed E-state index contributed by atoms with van der Waals surface area (Å²) in [5.74, 6) is 0. The Morgan fingerprint density at radius 1 is 1.56 bits per heavy atom. The Labute approximate surface area is 99.1 Å². The first kappa shape index (κ1) is 11.4. The van der Waals surface area contributed by atoms with Crippen LogP contribution in [0.2, 0.25) is 0 Å². The second-order valence-electron chi connectivity index (χ2n) is 3.89. The van der Waals surface area contributed by atoms with E-state index in [0.717, 1.165) is 28.3 Å². The third-order valence-corrected chi connectivity index (χ3v) is 3.70. The van der Waals surface area contributed by atoms with Gasteiger partial charge in [0.1, 0.15) is 0 Å². The topological polar surface area (TPSA) is 37.5 Å². The fourth-order valence-electron chi connectivity index (χ4n) is 1.75. The smallest absolute Gasteiger partial charge is 0.194 e. The van der Waals surface area contributed by atoms with E-state index in [2.05, 4.69) is 34.7 Å². The minimum atomic E-state index is 0.117. The molecule has 0 saturated carbocycles. The highest BCUT2D eigenvalue weighted by atomic mass is 32.1. The van der Waals surface area contributed by atoms with Crippen molar-refractivity contribution in [1.82, 2.24) is 9.38 Å². The van der Waals surface area contributed by atoms with Crippen molar-refractivity contribution in [1.29, 1.82) is 0 Å². The van der Waals surface area contributed by atoms with E-state index in [4.69, 9.17) is 0 Å². The zero-order valence-corrected chi connectivity index (χ0v) is 10.6. The van der Waals surface area contributed by atoms with E-state index in [1.807, 2.05) is 6.92 Å². The monoisotopic (exact) mass is 236 g/mol. The number of aromatic nitrogens is 2. The van der Waals surface area contributed by atoms with Crippen molar-refractivity contribution in [3.05, 3.63) is 28.0 Å². The molecule has 0 saturated heterocycles. The Balaban J connectivity index is 2.62. The van der Waals surface area contributed by atoms with E-state index in [-0.39, 0.29) is 6.61 Å². The first-order valence-corrected chi connectivity index (χ1v) is 6.28. The molecule has 86 valence electrons. The number of nitrogens with zero attached hydrogens (tertiary/aromatic N) is 2. The predicted molar refractivity (Wildman–Crippen MR) is 67.9 cm³/mol. The Morgan fingerprint density at radius 3 is 2.94 bits per heavy atom. The zero-order valence-electron chi connectivity index (χ0n) is 9.82. The number of aliphatic hydroxyl groups excluding tert-OH is 1. The van der Waals surface area contributed by atoms with Crippen molar-refractivity contribution in [3.63, 3.8) is 0 Å². The maximum atomic E-state index is 9.21. The van der Waals surface area contributed by atoms with Gasteiger partial charge in [-0.1, -0.05) is 6.92 Å². The van der Waals surface area contributed by atoms with Gasteiger partial charge in [-0.3, -0.25) is 4.40 Å². The van der Waals surface area contributed by atoms with E-state index in [9.17, 15) is 5.11 Å². The van der Waals surface area contributed by atoms with Crippen LogP contribution in [0.5, 0.6) is 0 Å². The number of aliphatic hydroxyl groups is 1. The van der Waals surface area contributed by atoms with Crippen LogP contribution >= 0.6 is 11.3 Å². The molecule has 0 atom stereocenters. The molecule has 0 bridgehead atoms. The highest BCUT2D eigenvalue weighted by Crippen LogP contribution is 2.22. The molecule has 16 heavy (non-hydrogen) atoms. The predicted octanol–water partition coefficient (Wildman–Crippen LogP) is 2.80. The van der Waals surface area contributed by atoms with Gasteiger partial charge in [-0.25, -0.2) is 4.98 Å². The number of aryl methyl sites for hydroxylation is 2. The van der Waals surface area contributed by atoms with Crippen molar-refractivity contribution >= 4 is 22.4 Å². The lowest BCUT2D eigenvalue weighted by Gasteiger charge is -2.01. The summed E-state index contributed by atoms with van der Waals surface area (Å²) in [6.07, 6.45) is 2.92. The lowest BCUT2D eigenvalue weighted by atomic mass is 10.1. The SMILES string of the molecule is CCC(=Cc1c(C)nc2scc(C)n12)CO. The highest BCUT2D eigenvalue weighted by Gasteiger charge is 2.10. The second-order valence-corrected chi connectivity index (χ2v) is 4.73. The Kier molecular flexibility index (Phi) is 3.12. The lowest BCUT2D eigenvalue weighted by Crippen LogP contribution is -1.93. The molecule has 2 rings (SSSR count). The van der Waals surface area contributed by atoms with Gasteiger partial charge in [0, 0.05) is 11.1 Å². The van der Waals surface area contributed by atoms with Crippen LogP contribution in [0.25, 0.3) is 11.0 Å². The molecule has 0 aliphatic carbocycles. The van der Waals surface area contributed by atoms with Crippen LogP contribution in [-0.4, -0.2) is 21.1 Å². The molecule has 0 radical (unpaired) electrons. The lowest BCUT2D eigenvalue weighted by molar-refractivity contribution is 0.329. The van der Waals surface area contributed by atoms with E-state index in [1.165, 1.54) is 5.69 Å². The average Bonchev–Trinajstić information content (AvgIpc) is 2.77. The molecule has 4 heteroatoms. The van der Waals surface area contributed by atoms with Crippen molar-refractivity contribution in [2.75, 3.05) is 6.61 Å². The fourth-order valence-corrected chi connectivity index (χ4v) is 2.67. The second kappa shape index (κ2) is 4.39. The molecule has 1 N–H and O–H groups in total. The molecular formula is C12H16N2OS. The number of hydrogen-bond acceptors (Lipinski definition) is 3. The van der Waals surface area contributed by atoms with Gasteiger partial charge in [-0.2, -0.15) is 0 Å². The van der Waals surface area contributed by atoms with Gasteiger partial charge in [0.25, 0.3) is 0 Å². The van der Waals surface area contributed by atoms with Gasteiger partial charge in [0.05, 0.1) is 18.0 Å². The van der Waals surface area contributed by atoms with Crippen LogP contribution < -0.4 is 0 Å². The Hall–Kier alpha value is -1.13. The van der Waals surface area contributed by atoms with E-state index < -0.39 is 0 Å². The van der Waals surface area contributed by atoms with Crippen LogP contribution in [0.1, 0.15) is 30.4 Å². The summed E-state index contributed by atoms with van der Waals surface area (Å²) in [5, 5.41) is 11.3. The Bertz CT molecular complexity index is 530. The quantitative estimate of drug-likeness (QED) is 0.889. The summed E-state index contributed by atoms with van der Waals surface area (Å²) in [4.78, 5) is 5.53. The molecule has 2 aromatic heterocycles. The summed E-state index contributed by atoms with van der Waals surface area (Å²) in [7, 11) is 0. The number of imidazole rings is 1. The summed E-state index contributed by atoms with van der Waals surface area (Å²) in [5.41, 5.74) is 4.35. The summed E-state index contributed by atoms with van der Waals surface area (Å²) < 4.78 is 2.14. The molecule has 2 heterocycles. The summed E-state index contributed by atoms with van der Waals surface area (Å²) >= 11 is 1.65. The van der Waals surface area contributed by atoms with Gasteiger partial charge in [-0.05, 0) is 31.9 Å². The van der Waals surface area contributed by atoms with E-state index >= 15 is 0 Å². The molecule has 3 nitrogen and oxygen atoms in total. The van der Waals surface area contributed by atoms with Crippen molar-refractivity contribution in [3.8, 4) is 0 Å². The molecule has 0 unspecified atom stereocenters. The zero-order chi connectivity index (χ0) is 11.7. The van der Waals surface area contributed by atoms with Crippen LogP contribution in [0.3, 0.4) is 0 Å². The minimum absolute atomic E-state index is 0.117.